The molecule has 2 heterocycles. The maximum Gasteiger partial charge on any atom is 0.241 e. The largest absolute Gasteiger partial charge is 0.369 e. The van der Waals surface area contributed by atoms with Crippen LogP contribution in [0.25, 0.3) is 0 Å². The minimum atomic E-state index is -0.0256. The van der Waals surface area contributed by atoms with Crippen molar-refractivity contribution in [2.75, 3.05) is 50.0 Å². The van der Waals surface area contributed by atoms with Crippen LogP contribution in [0.1, 0.15) is 12.8 Å². The van der Waals surface area contributed by atoms with Crippen LogP contribution in [0.15, 0.2) is 24.3 Å². The highest BCUT2D eigenvalue weighted by Gasteiger charge is 2.22. The number of hydrogen-bond donors (Lipinski definition) is 2. The summed E-state index contributed by atoms with van der Waals surface area (Å²) in [6.45, 7) is 5.28. The second-order valence-corrected chi connectivity index (χ2v) is 5.98. The van der Waals surface area contributed by atoms with Gasteiger partial charge in [0, 0.05) is 37.6 Å². The molecule has 2 aliphatic rings. The molecule has 2 N–H and O–H groups in total. The van der Waals surface area contributed by atoms with Gasteiger partial charge in [0.25, 0.3) is 0 Å². The van der Waals surface area contributed by atoms with Crippen molar-refractivity contribution in [2.45, 2.75) is 18.9 Å². The third-order valence-electron chi connectivity index (χ3n) is 4.38. The minimum Gasteiger partial charge on any atom is -0.369 e. The predicted octanol–water partition coefficient (Wildman–Crippen LogP) is 1.13. The molecule has 114 valence electrons. The van der Waals surface area contributed by atoms with Gasteiger partial charge in [-0.3, -0.25) is 4.79 Å². The Morgan fingerprint density at radius 2 is 1.90 bits per heavy atom. The van der Waals surface area contributed by atoms with Gasteiger partial charge >= 0.3 is 0 Å². The lowest BCUT2D eigenvalue weighted by molar-refractivity contribution is -0.117. The zero-order valence-electron chi connectivity index (χ0n) is 12.6. The molecule has 1 amide bonds. The van der Waals surface area contributed by atoms with E-state index in [0.29, 0.717) is 0 Å². The summed E-state index contributed by atoms with van der Waals surface area (Å²) in [6, 6.07) is 8.18. The fourth-order valence-electron chi connectivity index (χ4n) is 2.96. The molecule has 2 fully saturated rings. The van der Waals surface area contributed by atoms with Crippen molar-refractivity contribution in [1.82, 2.24) is 10.2 Å². The van der Waals surface area contributed by atoms with Gasteiger partial charge in [0.15, 0.2) is 0 Å². The molecule has 2 aliphatic heterocycles. The van der Waals surface area contributed by atoms with Gasteiger partial charge < -0.3 is 20.4 Å². The van der Waals surface area contributed by atoms with Crippen LogP contribution in [0.3, 0.4) is 0 Å². The number of hydrogen-bond acceptors (Lipinski definition) is 4. The summed E-state index contributed by atoms with van der Waals surface area (Å²) in [6.07, 6.45) is 2.02. The number of benzene rings is 1. The van der Waals surface area contributed by atoms with E-state index in [2.05, 4.69) is 39.6 Å². The van der Waals surface area contributed by atoms with Crippen molar-refractivity contribution in [3.8, 4) is 0 Å². The highest BCUT2D eigenvalue weighted by Crippen LogP contribution is 2.19. The number of amides is 1. The Labute approximate surface area is 126 Å². The number of rotatable bonds is 3. The van der Waals surface area contributed by atoms with Crippen LogP contribution >= 0.6 is 0 Å². The van der Waals surface area contributed by atoms with Crippen molar-refractivity contribution in [1.29, 1.82) is 0 Å². The standard InChI is InChI=1S/C16H24N4O/c1-19-9-11-20(12-10-19)14-6-4-13(5-7-14)18-16(21)15-3-2-8-17-15/h4-7,15,17H,2-3,8-12H2,1H3,(H,18,21)/t15-/m1/s1. The van der Waals surface area contributed by atoms with E-state index in [9.17, 15) is 4.79 Å². The highest BCUT2D eigenvalue weighted by atomic mass is 16.2. The van der Waals surface area contributed by atoms with Crippen molar-refractivity contribution in [3.05, 3.63) is 24.3 Å². The lowest BCUT2D eigenvalue weighted by atomic mass is 10.2. The van der Waals surface area contributed by atoms with Gasteiger partial charge in [-0.05, 0) is 50.7 Å². The zero-order chi connectivity index (χ0) is 14.7. The van der Waals surface area contributed by atoms with Crippen LogP contribution in [0, 0.1) is 0 Å². The predicted molar refractivity (Wildman–Crippen MR) is 85.8 cm³/mol. The summed E-state index contributed by atoms with van der Waals surface area (Å²) in [5, 5.41) is 6.21. The van der Waals surface area contributed by atoms with Gasteiger partial charge in [-0.1, -0.05) is 0 Å². The Balaban J connectivity index is 1.57. The second kappa shape index (κ2) is 6.45. The molecule has 1 atom stereocenters. The Kier molecular flexibility index (Phi) is 4.41. The number of piperazine rings is 1. The molecule has 21 heavy (non-hydrogen) atoms. The van der Waals surface area contributed by atoms with Crippen LogP contribution in [0.4, 0.5) is 11.4 Å². The molecule has 0 aromatic heterocycles. The van der Waals surface area contributed by atoms with E-state index in [0.717, 1.165) is 51.3 Å². The Morgan fingerprint density at radius 3 is 2.52 bits per heavy atom. The van der Waals surface area contributed by atoms with E-state index in [1.54, 1.807) is 0 Å². The first kappa shape index (κ1) is 14.4. The first-order valence-corrected chi connectivity index (χ1v) is 7.80. The fraction of sp³-hybridized carbons (Fsp3) is 0.562. The molecule has 0 spiro atoms. The molecule has 1 aromatic rings. The Morgan fingerprint density at radius 1 is 1.19 bits per heavy atom. The van der Waals surface area contributed by atoms with Gasteiger partial charge in [0.1, 0.15) is 0 Å². The lowest BCUT2D eigenvalue weighted by Crippen LogP contribution is -2.44. The highest BCUT2D eigenvalue weighted by molar-refractivity contribution is 5.95. The van der Waals surface area contributed by atoms with Gasteiger partial charge in [-0.2, -0.15) is 0 Å². The van der Waals surface area contributed by atoms with Crippen LogP contribution in [-0.4, -0.2) is 56.6 Å². The third-order valence-corrected chi connectivity index (χ3v) is 4.38. The summed E-state index contributed by atoms with van der Waals surface area (Å²) in [4.78, 5) is 16.8. The van der Waals surface area contributed by atoms with Gasteiger partial charge in [0.2, 0.25) is 5.91 Å². The molecule has 5 heteroatoms. The molecule has 2 saturated heterocycles. The quantitative estimate of drug-likeness (QED) is 0.875. The smallest absolute Gasteiger partial charge is 0.241 e. The van der Waals surface area contributed by atoms with E-state index < -0.39 is 0 Å². The zero-order valence-corrected chi connectivity index (χ0v) is 12.6. The molecule has 1 aromatic carbocycles. The first-order valence-electron chi connectivity index (χ1n) is 7.80. The average molecular weight is 288 g/mol. The van der Waals surface area contributed by atoms with Crippen molar-refractivity contribution < 1.29 is 4.79 Å². The van der Waals surface area contributed by atoms with E-state index in [-0.39, 0.29) is 11.9 Å². The normalized spacial score (nSPS) is 23.3. The van der Waals surface area contributed by atoms with Crippen molar-refractivity contribution >= 4 is 17.3 Å². The van der Waals surface area contributed by atoms with Gasteiger partial charge in [-0.15, -0.1) is 0 Å². The fourth-order valence-corrected chi connectivity index (χ4v) is 2.96. The molecule has 0 unspecified atom stereocenters. The molecule has 0 saturated carbocycles. The Bertz CT molecular complexity index is 474. The number of nitrogens with one attached hydrogen (secondary N) is 2. The molecular formula is C16H24N4O. The summed E-state index contributed by atoms with van der Waals surface area (Å²) < 4.78 is 0. The number of nitrogens with zero attached hydrogens (tertiary/aromatic N) is 2. The summed E-state index contributed by atoms with van der Waals surface area (Å²) >= 11 is 0. The number of carbonyl (C=O) groups is 1. The molecule has 3 rings (SSSR count). The number of anilines is 2. The van der Waals surface area contributed by atoms with Crippen LogP contribution in [0.2, 0.25) is 0 Å². The van der Waals surface area contributed by atoms with E-state index in [1.807, 2.05) is 12.1 Å². The topological polar surface area (TPSA) is 47.6 Å². The molecular weight excluding hydrogens is 264 g/mol. The summed E-state index contributed by atoms with van der Waals surface area (Å²) in [5.41, 5.74) is 2.12. The maximum absolute atomic E-state index is 12.0. The van der Waals surface area contributed by atoms with Crippen LogP contribution in [-0.2, 0) is 4.79 Å². The number of likely N-dealkylation sites (N-methyl/N-ethyl adjacent to an activating group) is 1. The lowest BCUT2D eigenvalue weighted by Gasteiger charge is -2.34. The SMILES string of the molecule is CN1CCN(c2ccc(NC(=O)[C@H]3CCCN3)cc2)CC1. The minimum absolute atomic E-state index is 0.0256. The van der Waals surface area contributed by atoms with Crippen molar-refractivity contribution in [2.24, 2.45) is 0 Å². The summed E-state index contributed by atoms with van der Waals surface area (Å²) in [7, 11) is 2.16. The van der Waals surface area contributed by atoms with Crippen LogP contribution < -0.4 is 15.5 Å². The monoisotopic (exact) mass is 288 g/mol. The molecule has 0 radical (unpaired) electrons. The summed E-state index contributed by atoms with van der Waals surface area (Å²) in [5.74, 6) is 0.0832. The van der Waals surface area contributed by atoms with Gasteiger partial charge in [0.05, 0.1) is 6.04 Å². The average Bonchev–Trinajstić information content (AvgIpc) is 3.03. The van der Waals surface area contributed by atoms with Crippen molar-refractivity contribution in [3.63, 3.8) is 0 Å². The molecule has 0 aliphatic carbocycles. The first-order chi connectivity index (χ1) is 10.2. The molecule has 5 nitrogen and oxygen atoms in total. The third kappa shape index (κ3) is 3.54. The van der Waals surface area contributed by atoms with E-state index in [4.69, 9.17) is 0 Å². The van der Waals surface area contributed by atoms with E-state index in [1.165, 1.54) is 5.69 Å². The van der Waals surface area contributed by atoms with E-state index >= 15 is 0 Å². The second-order valence-electron chi connectivity index (χ2n) is 5.98. The van der Waals surface area contributed by atoms with Gasteiger partial charge in [-0.25, -0.2) is 0 Å². The Hall–Kier alpha value is -1.59. The maximum atomic E-state index is 12.0. The van der Waals surface area contributed by atoms with Crippen LogP contribution in [0.5, 0.6) is 0 Å². The molecule has 0 bridgehead atoms. The number of carbonyl (C=O) groups excluding carboxylic acids is 1.